The summed E-state index contributed by atoms with van der Waals surface area (Å²) in [4.78, 5) is 17.7. The number of fused-ring (bicyclic) bond motifs is 2. The van der Waals surface area contributed by atoms with E-state index in [1.165, 1.54) is 0 Å². The lowest BCUT2D eigenvalue weighted by Gasteiger charge is -2.09. The number of para-hydroxylation sites is 1. The van der Waals surface area contributed by atoms with Gasteiger partial charge in [-0.2, -0.15) is 0 Å². The molecule has 2 aliphatic rings. The van der Waals surface area contributed by atoms with Crippen molar-refractivity contribution in [3.05, 3.63) is 82.5 Å². The van der Waals surface area contributed by atoms with E-state index < -0.39 is 0 Å². The summed E-state index contributed by atoms with van der Waals surface area (Å²) in [6, 6.07) is 21.1. The van der Waals surface area contributed by atoms with E-state index in [0.717, 1.165) is 26.4 Å². The van der Waals surface area contributed by atoms with Crippen LogP contribution >= 0.6 is 11.3 Å². The molecule has 0 bridgehead atoms. The summed E-state index contributed by atoms with van der Waals surface area (Å²) in [5.41, 5.74) is 2.64. The summed E-state index contributed by atoms with van der Waals surface area (Å²) in [5, 5.41) is 0. The molecule has 0 radical (unpaired) electrons. The Labute approximate surface area is 137 Å². The van der Waals surface area contributed by atoms with Crippen LogP contribution in [0.1, 0.15) is 5.56 Å². The van der Waals surface area contributed by atoms with Crippen LogP contribution in [0.3, 0.4) is 0 Å². The van der Waals surface area contributed by atoms with Gasteiger partial charge in [0.15, 0.2) is 5.75 Å². The largest absolute Gasteiger partial charge is 0.485 e. The Balaban J connectivity index is 1.73. The Morgan fingerprint density at radius 1 is 0.957 bits per heavy atom. The first-order chi connectivity index (χ1) is 11.3. The van der Waals surface area contributed by atoms with E-state index in [4.69, 9.17) is 4.74 Å². The van der Waals surface area contributed by atoms with Crippen molar-refractivity contribution in [3.63, 3.8) is 0 Å². The molecule has 0 N–H and O–H groups in total. The maximum absolute atomic E-state index is 12.2. The summed E-state index contributed by atoms with van der Waals surface area (Å²) in [5.74, 6) is 0.344. The minimum absolute atomic E-state index is 0.109. The van der Waals surface area contributed by atoms with Gasteiger partial charge in [-0.25, -0.2) is 4.98 Å². The zero-order chi connectivity index (χ0) is 15.6. The van der Waals surface area contributed by atoms with Crippen LogP contribution in [0.4, 0.5) is 0 Å². The highest BCUT2D eigenvalue weighted by molar-refractivity contribution is 7.21. The molecule has 2 aromatic carbocycles. The predicted octanol–water partition coefficient (Wildman–Crippen LogP) is 4.34. The SMILES string of the molecule is O=c1cc2sc3ccccc3nc-2cc1OCc1ccccc1. The molecule has 23 heavy (non-hydrogen) atoms. The molecule has 2 aromatic rings. The molecule has 3 nitrogen and oxygen atoms in total. The van der Waals surface area contributed by atoms with E-state index in [2.05, 4.69) is 4.98 Å². The lowest BCUT2D eigenvalue weighted by molar-refractivity contribution is 0.303. The molecule has 0 atom stereocenters. The quantitative estimate of drug-likeness (QED) is 0.527. The van der Waals surface area contributed by atoms with Crippen LogP contribution in [-0.4, -0.2) is 4.98 Å². The van der Waals surface area contributed by atoms with E-state index in [1.807, 2.05) is 54.6 Å². The molecule has 1 aliphatic carbocycles. The third kappa shape index (κ3) is 2.81. The van der Waals surface area contributed by atoms with E-state index in [0.29, 0.717) is 12.4 Å². The molecule has 0 aromatic heterocycles. The summed E-state index contributed by atoms with van der Waals surface area (Å²) < 4.78 is 6.76. The molecular formula is C19H13NO2S. The number of ether oxygens (including phenoxy) is 1. The van der Waals surface area contributed by atoms with Crippen molar-refractivity contribution in [2.75, 3.05) is 0 Å². The molecule has 1 aliphatic heterocycles. The third-order valence-electron chi connectivity index (χ3n) is 3.59. The number of aromatic nitrogens is 1. The fraction of sp³-hybridized carbons (Fsp3) is 0.0526. The number of nitrogens with zero attached hydrogens (tertiary/aromatic N) is 1. The Kier molecular flexibility index (Phi) is 3.52. The molecule has 0 saturated heterocycles. The van der Waals surface area contributed by atoms with Crippen LogP contribution in [0.15, 0.2) is 71.5 Å². The first kappa shape index (κ1) is 13.9. The highest BCUT2D eigenvalue weighted by Gasteiger charge is 2.12. The highest BCUT2D eigenvalue weighted by Crippen LogP contribution is 2.31. The van der Waals surface area contributed by atoms with Gasteiger partial charge in [-0.3, -0.25) is 4.79 Å². The van der Waals surface area contributed by atoms with Crippen LogP contribution in [0.2, 0.25) is 0 Å². The van der Waals surface area contributed by atoms with Crippen molar-refractivity contribution in [1.82, 2.24) is 4.98 Å². The third-order valence-corrected chi connectivity index (χ3v) is 4.70. The smallest absolute Gasteiger partial charge is 0.221 e. The summed E-state index contributed by atoms with van der Waals surface area (Å²) >= 11 is 1.57. The average molecular weight is 319 g/mol. The second-order valence-electron chi connectivity index (χ2n) is 5.22. The lowest BCUT2D eigenvalue weighted by atomic mass is 10.2. The molecule has 0 amide bonds. The van der Waals surface area contributed by atoms with Crippen LogP contribution in [-0.2, 0) is 6.61 Å². The molecule has 0 unspecified atom stereocenters. The molecule has 0 saturated carbocycles. The molecule has 4 rings (SSSR count). The molecule has 4 heteroatoms. The first-order valence-electron chi connectivity index (χ1n) is 7.30. The number of rotatable bonds is 3. The van der Waals surface area contributed by atoms with Crippen LogP contribution < -0.4 is 10.2 Å². The Morgan fingerprint density at radius 3 is 2.61 bits per heavy atom. The van der Waals surface area contributed by atoms with Crippen molar-refractivity contribution in [1.29, 1.82) is 0 Å². The summed E-state index contributed by atoms with van der Waals surface area (Å²) in [6.07, 6.45) is 0. The Morgan fingerprint density at radius 2 is 1.74 bits per heavy atom. The Hall–Kier alpha value is -2.72. The van der Waals surface area contributed by atoms with E-state index in [9.17, 15) is 4.79 Å². The van der Waals surface area contributed by atoms with Crippen LogP contribution in [0.25, 0.3) is 20.8 Å². The van der Waals surface area contributed by atoms with Gasteiger partial charge < -0.3 is 4.74 Å². The minimum Gasteiger partial charge on any atom is -0.485 e. The lowest BCUT2D eigenvalue weighted by Crippen LogP contribution is -2.08. The zero-order valence-corrected chi connectivity index (χ0v) is 13.0. The molecule has 0 fully saturated rings. The minimum atomic E-state index is -0.109. The monoisotopic (exact) mass is 319 g/mol. The maximum Gasteiger partial charge on any atom is 0.221 e. The normalized spacial score (nSPS) is 11.0. The fourth-order valence-electron chi connectivity index (χ4n) is 2.43. The standard InChI is InChI=1S/C19H13NO2S/c21-16-11-19-15(20-14-8-4-5-9-18(14)23-19)10-17(16)22-12-13-6-2-1-3-7-13/h1-11H,12H2. The van der Waals surface area contributed by atoms with Gasteiger partial charge >= 0.3 is 0 Å². The van der Waals surface area contributed by atoms with E-state index in [-0.39, 0.29) is 5.43 Å². The number of hydrogen-bond acceptors (Lipinski definition) is 4. The van der Waals surface area contributed by atoms with Gasteiger partial charge in [-0.05, 0) is 17.7 Å². The van der Waals surface area contributed by atoms with E-state index >= 15 is 0 Å². The topological polar surface area (TPSA) is 39.2 Å². The molecular weight excluding hydrogens is 306 g/mol. The van der Waals surface area contributed by atoms with Crippen molar-refractivity contribution in [2.45, 2.75) is 6.61 Å². The van der Waals surface area contributed by atoms with Gasteiger partial charge in [0.25, 0.3) is 0 Å². The van der Waals surface area contributed by atoms with Crippen molar-refractivity contribution >= 4 is 21.6 Å². The van der Waals surface area contributed by atoms with E-state index in [1.54, 1.807) is 23.5 Å². The van der Waals surface area contributed by atoms with Gasteiger partial charge in [0.05, 0.1) is 20.8 Å². The van der Waals surface area contributed by atoms with Gasteiger partial charge in [0, 0.05) is 12.1 Å². The first-order valence-corrected chi connectivity index (χ1v) is 8.12. The molecule has 112 valence electrons. The van der Waals surface area contributed by atoms with Crippen molar-refractivity contribution < 1.29 is 4.74 Å². The van der Waals surface area contributed by atoms with Gasteiger partial charge in [0.1, 0.15) is 6.61 Å². The second-order valence-corrected chi connectivity index (χ2v) is 6.31. The van der Waals surface area contributed by atoms with Gasteiger partial charge in [-0.1, -0.05) is 42.5 Å². The highest BCUT2D eigenvalue weighted by atomic mass is 32.1. The van der Waals surface area contributed by atoms with Crippen molar-refractivity contribution in [3.8, 4) is 16.3 Å². The Bertz CT molecular complexity index is 995. The molecule has 1 heterocycles. The van der Waals surface area contributed by atoms with Crippen molar-refractivity contribution in [2.24, 2.45) is 0 Å². The van der Waals surface area contributed by atoms with Crippen LogP contribution in [0.5, 0.6) is 5.75 Å². The number of benzene rings is 3. The predicted molar refractivity (Wildman–Crippen MR) is 93.3 cm³/mol. The molecule has 0 spiro atoms. The van der Waals surface area contributed by atoms with Crippen LogP contribution in [0, 0.1) is 0 Å². The fourth-order valence-corrected chi connectivity index (χ4v) is 3.41. The summed E-state index contributed by atoms with van der Waals surface area (Å²) in [6.45, 7) is 0.374. The average Bonchev–Trinajstić information content (AvgIpc) is 2.59. The summed E-state index contributed by atoms with van der Waals surface area (Å²) in [7, 11) is 0. The maximum atomic E-state index is 12.2. The zero-order valence-electron chi connectivity index (χ0n) is 12.2. The van der Waals surface area contributed by atoms with Gasteiger partial charge in [-0.15, -0.1) is 11.3 Å². The second kappa shape index (κ2) is 5.82. The van der Waals surface area contributed by atoms with Gasteiger partial charge in [0.2, 0.25) is 5.43 Å². The number of hydrogen-bond donors (Lipinski definition) is 0.